The number of nitrogens with zero attached hydrogens (tertiary/aromatic N) is 5. The van der Waals surface area contributed by atoms with Crippen molar-refractivity contribution in [1.29, 1.82) is 0 Å². The monoisotopic (exact) mass is 680 g/mol. The molecule has 0 atom stereocenters. The lowest BCUT2D eigenvalue weighted by Gasteiger charge is -2.16. The minimum atomic E-state index is -4.93. The smallest absolute Gasteiger partial charge is 0.406 e. The van der Waals surface area contributed by atoms with Gasteiger partial charge in [-0.2, -0.15) is 13.9 Å². The van der Waals surface area contributed by atoms with Crippen molar-refractivity contribution in [2.24, 2.45) is 12.8 Å². The summed E-state index contributed by atoms with van der Waals surface area (Å²) in [4.78, 5) is 11.0. The molecule has 0 saturated carbocycles. The van der Waals surface area contributed by atoms with Crippen molar-refractivity contribution in [2.45, 2.75) is 23.8 Å². The van der Waals surface area contributed by atoms with Gasteiger partial charge in [-0.3, -0.25) is 9.48 Å². The van der Waals surface area contributed by atoms with Gasteiger partial charge in [0.05, 0.1) is 34.8 Å². The first-order valence-corrected chi connectivity index (χ1v) is 15.1. The summed E-state index contributed by atoms with van der Waals surface area (Å²) >= 11 is 0. The van der Waals surface area contributed by atoms with Crippen LogP contribution in [0.3, 0.4) is 0 Å². The highest BCUT2D eigenvalue weighted by molar-refractivity contribution is 7.90. The fourth-order valence-electron chi connectivity index (χ4n) is 4.80. The third kappa shape index (κ3) is 6.54. The molecule has 2 heterocycles. The molecule has 1 amide bonds. The lowest BCUT2D eigenvalue weighted by atomic mass is 9.98. The zero-order valence-corrected chi connectivity index (χ0v) is 24.9. The molecule has 5 aromatic rings. The summed E-state index contributed by atoms with van der Waals surface area (Å²) in [5.41, 5.74) is 4.50. The van der Waals surface area contributed by atoms with Crippen LogP contribution in [0.1, 0.15) is 11.3 Å². The van der Waals surface area contributed by atoms with Crippen LogP contribution in [0.2, 0.25) is 0 Å². The van der Waals surface area contributed by atoms with Gasteiger partial charge in [0, 0.05) is 30.0 Å². The Morgan fingerprint density at radius 1 is 0.957 bits per heavy atom. The van der Waals surface area contributed by atoms with E-state index in [1.165, 1.54) is 48.3 Å². The normalized spacial score (nSPS) is 12.4. The SMILES string of the molecule is Cn1nc(C(F)(F)C(N)=O)cc1-c1ccc(-c2cc(F)c(CO)c(S(C)(=O)=O)c2)cc1-n1nncc1-c1ccc(OC(F)(F)F)cc1. The van der Waals surface area contributed by atoms with Crippen LogP contribution in [0.5, 0.6) is 5.75 Å². The summed E-state index contributed by atoms with van der Waals surface area (Å²) in [6.45, 7) is -0.896. The molecule has 47 heavy (non-hydrogen) atoms. The number of rotatable bonds is 9. The Bertz CT molecular complexity index is 2110. The number of nitrogens with two attached hydrogens (primary N) is 1. The van der Waals surface area contributed by atoms with Crippen LogP contribution >= 0.6 is 0 Å². The number of amides is 1. The highest BCUT2D eigenvalue weighted by atomic mass is 32.2. The van der Waals surface area contributed by atoms with E-state index in [2.05, 4.69) is 20.1 Å². The van der Waals surface area contributed by atoms with Gasteiger partial charge in [0.25, 0.3) is 5.91 Å². The van der Waals surface area contributed by atoms with Crippen LogP contribution in [0.25, 0.3) is 39.3 Å². The molecule has 0 aliphatic heterocycles. The zero-order valence-electron chi connectivity index (χ0n) is 24.1. The van der Waals surface area contributed by atoms with Crippen molar-refractivity contribution >= 4 is 15.7 Å². The lowest BCUT2D eigenvalue weighted by molar-refractivity contribution is -0.274. The minimum Gasteiger partial charge on any atom is -0.406 e. The van der Waals surface area contributed by atoms with E-state index >= 15 is 4.39 Å². The summed E-state index contributed by atoms with van der Waals surface area (Å²) < 4.78 is 113. The molecule has 0 saturated heterocycles. The van der Waals surface area contributed by atoms with Gasteiger partial charge < -0.3 is 15.6 Å². The molecule has 0 unspecified atom stereocenters. The Labute approximate surface area is 261 Å². The number of aliphatic hydroxyl groups excluding tert-OH is 1. The number of benzene rings is 3. The van der Waals surface area contributed by atoms with E-state index < -0.39 is 62.4 Å². The van der Waals surface area contributed by atoms with Gasteiger partial charge in [-0.1, -0.05) is 17.3 Å². The predicted molar refractivity (Wildman–Crippen MR) is 153 cm³/mol. The van der Waals surface area contributed by atoms with Crippen LogP contribution in [0.15, 0.2) is 71.8 Å². The zero-order chi connectivity index (χ0) is 34.5. The molecule has 246 valence electrons. The van der Waals surface area contributed by atoms with Crippen molar-refractivity contribution in [3.63, 3.8) is 0 Å². The van der Waals surface area contributed by atoms with Crippen LogP contribution in [-0.2, 0) is 34.2 Å². The van der Waals surface area contributed by atoms with E-state index in [0.717, 1.165) is 41.3 Å². The first-order valence-electron chi connectivity index (χ1n) is 13.2. The molecule has 0 bridgehead atoms. The molecule has 3 aromatic carbocycles. The Morgan fingerprint density at radius 3 is 2.21 bits per heavy atom. The van der Waals surface area contributed by atoms with Crippen LogP contribution in [0, 0.1) is 5.82 Å². The number of carbonyl (C=O) groups is 1. The number of primary amides is 1. The van der Waals surface area contributed by atoms with Gasteiger partial charge >= 0.3 is 12.3 Å². The predicted octanol–water partition coefficient (Wildman–Crippen LogP) is 4.51. The number of carbonyl (C=O) groups excluding carboxylic acids is 1. The molecular weight excluding hydrogens is 658 g/mol. The highest BCUT2D eigenvalue weighted by Crippen LogP contribution is 2.38. The number of ether oxygens (including phenoxy) is 1. The van der Waals surface area contributed by atoms with E-state index in [4.69, 9.17) is 5.73 Å². The maximum Gasteiger partial charge on any atom is 0.573 e. The Balaban J connectivity index is 1.74. The number of sulfone groups is 1. The molecule has 0 spiro atoms. The van der Waals surface area contributed by atoms with Gasteiger partial charge in [-0.15, -0.1) is 18.3 Å². The van der Waals surface area contributed by atoms with E-state index in [9.17, 15) is 40.3 Å². The van der Waals surface area contributed by atoms with Crippen LogP contribution < -0.4 is 10.5 Å². The summed E-state index contributed by atoms with van der Waals surface area (Å²) in [5.74, 6) is -7.59. The molecule has 0 aliphatic rings. The molecule has 3 N–H and O–H groups in total. The van der Waals surface area contributed by atoms with Crippen LogP contribution in [-0.4, -0.2) is 56.8 Å². The number of hydrogen-bond acceptors (Lipinski definition) is 8. The Kier molecular flexibility index (Phi) is 8.36. The summed E-state index contributed by atoms with van der Waals surface area (Å²) in [7, 11) is -2.70. The number of aliphatic hydroxyl groups is 1. The van der Waals surface area contributed by atoms with Crippen molar-refractivity contribution in [3.05, 3.63) is 83.9 Å². The number of alkyl halides is 5. The average Bonchev–Trinajstić information content (AvgIpc) is 3.63. The minimum absolute atomic E-state index is 0.0245. The Morgan fingerprint density at radius 2 is 1.62 bits per heavy atom. The summed E-state index contributed by atoms with van der Waals surface area (Å²) in [6.07, 6.45) is -2.82. The topological polar surface area (TPSA) is 155 Å². The average molecular weight is 681 g/mol. The molecule has 0 fully saturated rings. The van der Waals surface area contributed by atoms with Gasteiger partial charge in [0.1, 0.15) is 17.3 Å². The van der Waals surface area contributed by atoms with Crippen molar-refractivity contribution in [2.75, 3.05) is 6.26 Å². The largest absolute Gasteiger partial charge is 0.573 e. The molecule has 11 nitrogen and oxygen atoms in total. The van der Waals surface area contributed by atoms with Gasteiger partial charge in [0.15, 0.2) is 9.84 Å². The molecule has 2 aromatic heterocycles. The highest BCUT2D eigenvalue weighted by Gasteiger charge is 2.42. The first kappa shape index (κ1) is 33.1. The molecule has 18 heteroatoms. The quantitative estimate of drug-likeness (QED) is 0.216. The van der Waals surface area contributed by atoms with E-state index in [1.54, 1.807) is 0 Å². The number of hydrogen-bond donors (Lipinski definition) is 2. The van der Waals surface area contributed by atoms with Gasteiger partial charge in [-0.05, 0) is 59.7 Å². The van der Waals surface area contributed by atoms with Crippen molar-refractivity contribution < 1.29 is 49.4 Å². The number of halogens is 6. The number of aromatic nitrogens is 5. The third-order valence-corrected chi connectivity index (χ3v) is 8.15. The molecule has 5 rings (SSSR count). The second-order valence-corrected chi connectivity index (χ2v) is 12.2. The van der Waals surface area contributed by atoms with E-state index in [1.807, 2.05) is 0 Å². The molecule has 0 aliphatic carbocycles. The van der Waals surface area contributed by atoms with E-state index in [-0.39, 0.29) is 33.8 Å². The van der Waals surface area contributed by atoms with Crippen molar-refractivity contribution in [3.8, 4) is 45.1 Å². The fourth-order valence-corrected chi connectivity index (χ4v) is 5.75. The maximum absolute atomic E-state index is 15.0. The van der Waals surface area contributed by atoms with Gasteiger partial charge in [-0.25, -0.2) is 17.5 Å². The molecule has 0 radical (unpaired) electrons. The summed E-state index contributed by atoms with van der Waals surface area (Å²) in [5, 5.41) is 21.3. The standard InChI is InChI=1S/C29H22F6N6O5S/c1-40-22(12-26(38-40)28(31,32)27(36)43)19-8-5-16(17-9-21(30)20(14-42)25(11-17)47(2,44)45)10-23(19)41-24(13-37-39-41)15-3-6-18(7-4-15)46-29(33,34)35/h3-13,42H,14H2,1-2H3,(H2,36,43). The van der Waals surface area contributed by atoms with Crippen LogP contribution in [0.4, 0.5) is 26.3 Å². The first-order chi connectivity index (χ1) is 21.9. The van der Waals surface area contributed by atoms with E-state index in [0.29, 0.717) is 5.56 Å². The van der Waals surface area contributed by atoms with Crippen molar-refractivity contribution in [1.82, 2.24) is 24.8 Å². The Hall–Kier alpha value is -5.23. The van der Waals surface area contributed by atoms with Gasteiger partial charge in [0.2, 0.25) is 0 Å². The second-order valence-electron chi connectivity index (χ2n) is 10.2. The third-order valence-electron chi connectivity index (χ3n) is 6.99. The lowest BCUT2D eigenvalue weighted by Crippen LogP contribution is -2.33. The fraction of sp³-hybridized carbons (Fsp3) is 0.172. The second kappa shape index (κ2) is 11.8. The maximum atomic E-state index is 15.0. The molecular formula is C29H22F6N6O5S. The number of aryl methyl sites for hydroxylation is 1. The summed E-state index contributed by atoms with van der Waals surface area (Å²) in [6, 6.07) is 12.0.